The van der Waals surface area contributed by atoms with Crippen LogP contribution in [0.4, 0.5) is 0 Å². The molecular weight excluding hydrogens is 392 g/mol. The summed E-state index contributed by atoms with van der Waals surface area (Å²) in [5, 5.41) is 22.7. The van der Waals surface area contributed by atoms with Gasteiger partial charge in [-0.2, -0.15) is 0 Å². The molecule has 2 heteroatoms. The highest BCUT2D eigenvalue weighted by atomic mass is 16.3. The maximum absolute atomic E-state index is 11.8. The highest BCUT2D eigenvalue weighted by Crippen LogP contribution is 2.77. The molecule has 0 aliphatic heterocycles. The molecule has 184 valence electrons. The van der Waals surface area contributed by atoms with Gasteiger partial charge in [-0.25, -0.2) is 0 Å². The smallest absolute Gasteiger partial charge is 0.0595 e. The van der Waals surface area contributed by atoms with E-state index in [0.29, 0.717) is 16.7 Å². The third kappa shape index (κ3) is 2.72. The first kappa shape index (κ1) is 23.7. The van der Waals surface area contributed by atoms with Crippen LogP contribution < -0.4 is 0 Å². The van der Waals surface area contributed by atoms with Crippen molar-refractivity contribution >= 4 is 0 Å². The minimum atomic E-state index is -0.292. The van der Waals surface area contributed by atoms with Crippen LogP contribution in [0.3, 0.4) is 0 Å². The van der Waals surface area contributed by atoms with Crippen molar-refractivity contribution in [1.29, 1.82) is 0 Å². The van der Waals surface area contributed by atoms with E-state index in [1.165, 1.54) is 38.5 Å². The lowest BCUT2D eigenvalue weighted by molar-refractivity contribution is -0.275. The van der Waals surface area contributed by atoms with Gasteiger partial charge in [0.15, 0.2) is 0 Å². The highest BCUT2D eigenvalue weighted by Gasteiger charge is 2.71. The fourth-order valence-corrected chi connectivity index (χ4v) is 11.9. The van der Waals surface area contributed by atoms with Crippen molar-refractivity contribution in [1.82, 2.24) is 0 Å². The molecule has 5 aliphatic rings. The lowest BCUT2D eigenvalue weighted by atomic mass is 9.32. The Morgan fingerprint density at radius 1 is 0.750 bits per heavy atom. The van der Waals surface area contributed by atoms with Gasteiger partial charge in [-0.15, -0.1) is 0 Å². The van der Waals surface area contributed by atoms with E-state index < -0.39 is 0 Å². The minimum Gasteiger partial charge on any atom is -0.393 e. The summed E-state index contributed by atoms with van der Waals surface area (Å²) in [4.78, 5) is 0. The number of rotatable bonds is 1. The molecular formula is C30H52O2. The predicted molar refractivity (Wildman–Crippen MR) is 132 cm³/mol. The van der Waals surface area contributed by atoms with E-state index >= 15 is 0 Å². The van der Waals surface area contributed by atoms with Crippen molar-refractivity contribution in [3.63, 3.8) is 0 Å². The molecule has 0 aromatic heterocycles. The van der Waals surface area contributed by atoms with Crippen LogP contribution in [-0.2, 0) is 0 Å². The molecule has 0 bridgehead atoms. The van der Waals surface area contributed by atoms with Crippen LogP contribution in [0.2, 0.25) is 0 Å². The van der Waals surface area contributed by atoms with Crippen molar-refractivity contribution < 1.29 is 10.2 Å². The minimum absolute atomic E-state index is 0.136. The van der Waals surface area contributed by atoms with Gasteiger partial charge in [0.2, 0.25) is 0 Å². The largest absolute Gasteiger partial charge is 0.393 e. The SMILES string of the molecule is CC(C)[C@@H]1CC[C@]2(C)CC[C@]3(C)[C@H](CC[C@@H]4[C@@]5(C)CC[C@H](O)C(C)(C)[C@@H]5[C@@H](O)C[C@]43C)[C@@H]12. The van der Waals surface area contributed by atoms with Crippen LogP contribution in [0.1, 0.15) is 113 Å². The summed E-state index contributed by atoms with van der Waals surface area (Å²) in [5.41, 5.74) is 0.998. The summed E-state index contributed by atoms with van der Waals surface area (Å²) in [6, 6.07) is 0. The molecule has 32 heavy (non-hydrogen) atoms. The van der Waals surface area contributed by atoms with E-state index in [-0.39, 0.29) is 34.4 Å². The van der Waals surface area contributed by atoms with Crippen molar-refractivity contribution in [2.45, 2.75) is 125 Å². The molecule has 5 saturated carbocycles. The second-order valence-electron chi connectivity index (χ2n) is 15.3. The van der Waals surface area contributed by atoms with Gasteiger partial charge in [-0.3, -0.25) is 0 Å². The summed E-state index contributed by atoms with van der Waals surface area (Å²) < 4.78 is 0. The van der Waals surface area contributed by atoms with Crippen molar-refractivity contribution in [3.05, 3.63) is 0 Å². The maximum Gasteiger partial charge on any atom is 0.0595 e. The maximum atomic E-state index is 11.8. The molecule has 0 amide bonds. The lowest BCUT2D eigenvalue weighted by Gasteiger charge is -2.73. The van der Waals surface area contributed by atoms with Gasteiger partial charge in [-0.1, -0.05) is 55.4 Å². The molecule has 0 radical (unpaired) electrons. The Morgan fingerprint density at radius 2 is 1.44 bits per heavy atom. The number of hydrogen-bond donors (Lipinski definition) is 2. The monoisotopic (exact) mass is 444 g/mol. The summed E-state index contributed by atoms with van der Waals surface area (Å²) >= 11 is 0. The average Bonchev–Trinajstić information content (AvgIpc) is 3.03. The Balaban J connectivity index is 1.57. The van der Waals surface area contributed by atoms with Crippen molar-refractivity contribution in [2.75, 3.05) is 0 Å². The first-order chi connectivity index (χ1) is 14.7. The van der Waals surface area contributed by atoms with E-state index in [0.717, 1.165) is 42.9 Å². The topological polar surface area (TPSA) is 40.5 Å². The first-order valence-electron chi connectivity index (χ1n) is 14.1. The van der Waals surface area contributed by atoms with E-state index in [1.807, 2.05) is 0 Å². The van der Waals surface area contributed by atoms with Crippen LogP contribution in [0, 0.1) is 62.6 Å². The highest BCUT2D eigenvalue weighted by molar-refractivity contribution is 5.20. The third-order valence-electron chi connectivity index (χ3n) is 13.6. The summed E-state index contributed by atoms with van der Waals surface area (Å²) in [5.74, 6) is 4.22. The van der Waals surface area contributed by atoms with Crippen molar-refractivity contribution in [2.24, 2.45) is 62.6 Å². The fourth-order valence-electron chi connectivity index (χ4n) is 11.9. The molecule has 0 saturated heterocycles. The van der Waals surface area contributed by atoms with E-state index in [9.17, 15) is 10.2 Å². The molecule has 0 aromatic carbocycles. The number of hydrogen-bond acceptors (Lipinski definition) is 2. The Labute approximate surface area is 198 Å². The van der Waals surface area contributed by atoms with Gasteiger partial charge in [-0.05, 0) is 120 Å². The zero-order chi connectivity index (χ0) is 23.5. The summed E-state index contributed by atoms with van der Waals surface area (Å²) in [6.45, 7) is 19.8. The molecule has 0 spiro atoms. The molecule has 5 aliphatic carbocycles. The van der Waals surface area contributed by atoms with E-state index in [1.54, 1.807) is 0 Å². The second kappa shape index (κ2) is 6.99. The van der Waals surface area contributed by atoms with Crippen LogP contribution in [0.5, 0.6) is 0 Å². The Hall–Kier alpha value is -0.0800. The molecule has 11 atom stereocenters. The van der Waals surface area contributed by atoms with Crippen LogP contribution >= 0.6 is 0 Å². The average molecular weight is 445 g/mol. The number of fused-ring (bicyclic) bond motifs is 7. The van der Waals surface area contributed by atoms with Crippen LogP contribution in [-0.4, -0.2) is 22.4 Å². The number of aliphatic hydroxyl groups excluding tert-OH is 2. The molecule has 0 unspecified atom stereocenters. The van der Waals surface area contributed by atoms with Gasteiger partial charge in [0, 0.05) is 0 Å². The van der Waals surface area contributed by atoms with Crippen LogP contribution in [0.15, 0.2) is 0 Å². The molecule has 2 N–H and O–H groups in total. The Kier molecular flexibility index (Phi) is 5.17. The van der Waals surface area contributed by atoms with Crippen molar-refractivity contribution in [3.8, 4) is 0 Å². The molecule has 2 nitrogen and oxygen atoms in total. The quantitative estimate of drug-likeness (QED) is 0.454. The first-order valence-corrected chi connectivity index (χ1v) is 14.1. The van der Waals surface area contributed by atoms with E-state index in [2.05, 4.69) is 55.4 Å². The normalized spacial score (nSPS) is 59.2. The third-order valence-corrected chi connectivity index (χ3v) is 13.6. The molecule has 0 heterocycles. The predicted octanol–water partition coefficient (Wildman–Crippen LogP) is 7.08. The van der Waals surface area contributed by atoms with Gasteiger partial charge < -0.3 is 10.2 Å². The zero-order valence-electron chi connectivity index (χ0n) is 22.4. The standard InChI is InChI=1S/C30H52O2/c1-18(2)19-11-13-27(5)15-16-29(7)20(24(19)27)9-10-22-28(6)14-12-23(32)26(3,4)25(28)21(31)17-30(22,29)8/h18-25,31-32H,9-17H2,1-8H3/t19-,20+,21-,22+,23-,24+,25-,27+,28+,29+,30+/m0/s1. The zero-order valence-corrected chi connectivity index (χ0v) is 22.4. The summed E-state index contributed by atoms with van der Waals surface area (Å²) in [6.07, 6.45) is 10.7. The summed E-state index contributed by atoms with van der Waals surface area (Å²) in [7, 11) is 0. The number of aliphatic hydroxyl groups is 2. The van der Waals surface area contributed by atoms with Crippen LogP contribution in [0.25, 0.3) is 0 Å². The Bertz CT molecular complexity index is 758. The molecule has 5 fully saturated rings. The Morgan fingerprint density at radius 3 is 2.09 bits per heavy atom. The van der Waals surface area contributed by atoms with E-state index in [4.69, 9.17) is 0 Å². The van der Waals surface area contributed by atoms with Gasteiger partial charge in [0.05, 0.1) is 12.2 Å². The van der Waals surface area contributed by atoms with Gasteiger partial charge >= 0.3 is 0 Å². The fraction of sp³-hybridized carbons (Fsp3) is 1.00. The molecule has 0 aromatic rings. The van der Waals surface area contributed by atoms with Gasteiger partial charge in [0.1, 0.15) is 0 Å². The van der Waals surface area contributed by atoms with Gasteiger partial charge in [0.25, 0.3) is 0 Å². The molecule has 5 rings (SSSR count). The lowest BCUT2D eigenvalue weighted by Crippen LogP contribution is -2.69. The second-order valence-corrected chi connectivity index (χ2v) is 15.3.